The first-order chi connectivity index (χ1) is 15.5. The van der Waals surface area contributed by atoms with Crippen LogP contribution in [0.1, 0.15) is 16.7 Å². The highest BCUT2D eigenvalue weighted by Crippen LogP contribution is 2.32. The Bertz CT molecular complexity index is 1030. The summed E-state index contributed by atoms with van der Waals surface area (Å²) in [5, 5.41) is -0.430. The lowest BCUT2D eigenvalue weighted by Crippen LogP contribution is -2.46. The molecule has 2 aliphatic rings. The summed E-state index contributed by atoms with van der Waals surface area (Å²) in [6.45, 7) is 4.16. The lowest BCUT2D eigenvalue weighted by atomic mass is 10.1. The number of amides is 3. The predicted octanol–water partition coefficient (Wildman–Crippen LogP) is 3.47. The van der Waals surface area contributed by atoms with Gasteiger partial charge in [-0.05, 0) is 48.0 Å². The molecule has 4 rings (SSSR count). The van der Waals surface area contributed by atoms with E-state index in [-0.39, 0.29) is 12.5 Å². The van der Waals surface area contributed by atoms with E-state index < -0.39 is 11.1 Å². The molecule has 3 amide bonds. The van der Waals surface area contributed by atoms with Gasteiger partial charge in [-0.25, -0.2) is 0 Å². The highest BCUT2D eigenvalue weighted by molar-refractivity contribution is 8.18. The summed E-state index contributed by atoms with van der Waals surface area (Å²) in [5.41, 5.74) is 3.06. The molecule has 2 aromatic rings. The number of rotatable bonds is 6. The number of carbonyl (C=O) groups excluding carboxylic acids is 3. The minimum absolute atomic E-state index is 0.242. The van der Waals surface area contributed by atoms with Crippen molar-refractivity contribution in [2.45, 2.75) is 13.5 Å². The number of hydrogen-bond donors (Lipinski definition) is 0. The van der Waals surface area contributed by atoms with Gasteiger partial charge in [0.05, 0.1) is 18.1 Å². The average Bonchev–Trinajstić information content (AvgIpc) is 3.07. The number of thioether (sulfide) groups is 1. The Hall–Kier alpha value is -3.10. The van der Waals surface area contributed by atoms with E-state index in [4.69, 9.17) is 9.47 Å². The SMILES string of the molecule is Cc1ccc(COc2ccc(C=C3SC(=O)N(CC(=O)N4CCOCC4)C3=O)cc2)cc1. The molecule has 0 aliphatic carbocycles. The molecule has 32 heavy (non-hydrogen) atoms. The van der Waals surface area contributed by atoms with E-state index in [0.717, 1.165) is 27.8 Å². The smallest absolute Gasteiger partial charge is 0.294 e. The van der Waals surface area contributed by atoms with Crippen LogP contribution in [-0.2, 0) is 20.9 Å². The molecule has 0 N–H and O–H groups in total. The van der Waals surface area contributed by atoms with E-state index in [1.54, 1.807) is 11.0 Å². The van der Waals surface area contributed by atoms with Gasteiger partial charge >= 0.3 is 0 Å². The van der Waals surface area contributed by atoms with Crippen LogP contribution in [0.4, 0.5) is 4.79 Å². The van der Waals surface area contributed by atoms with Crippen LogP contribution >= 0.6 is 11.8 Å². The normalized spacial score (nSPS) is 17.8. The minimum Gasteiger partial charge on any atom is -0.489 e. The van der Waals surface area contributed by atoms with Crippen molar-refractivity contribution in [3.8, 4) is 5.75 Å². The minimum atomic E-state index is -0.443. The van der Waals surface area contributed by atoms with Crippen LogP contribution in [0.5, 0.6) is 5.75 Å². The number of aryl methyl sites for hydroxylation is 1. The van der Waals surface area contributed by atoms with Crippen molar-refractivity contribution < 1.29 is 23.9 Å². The van der Waals surface area contributed by atoms with E-state index in [0.29, 0.717) is 43.6 Å². The Morgan fingerprint density at radius 3 is 2.44 bits per heavy atom. The standard InChI is InChI=1S/C24H24N2O5S/c1-17-2-4-19(5-3-17)16-31-20-8-6-18(7-9-20)14-21-23(28)26(24(29)32-21)15-22(27)25-10-12-30-13-11-25/h2-9,14H,10-13,15-16H2,1H3. The van der Waals surface area contributed by atoms with Crippen molar-refractivity contribution >= 4 is 34.9 Å². The molecule has 2 aromatic carbocycles. The molecule has 166 valence electrons. The molecule has 0 atom stereocenters. The van der Waals surface area contributed by atoms with E-state index >= 15 is 0 Å². The van der Waals surface area contributed by atoms with E-state index in [2.05, 4.69) is 0 Å². The van der Waals surface area contributed by atoms with Gasteiger partial charge in [-0.1, -0.05) is 42.0 Å². The first-order valence-electron chi connectivity index (χ1n) is 10.4. The zero-order chi connectivity index (χ0) is 22.5. The first kappa shape index (κ1) is 22.1. The fourth-order valence-electron chi connectivity index (χ4n) is 3.35. The molecule has 0 saturated carbocycles. The molecular formula is C24H24N2O5S. The number of nitrogens with zero attached hydrogens (tertiary/aromatic N) is 2. The molecule has 0 radical (unpaired) electrons. The number of morpholine rings is 1. The summed E-state index contributed by atoms with van der Waals surface area (Å²) in [4.78, 5) is 40.3. The molecule has 8 heteroatoms. The van der Waals surface area contributed by atoms with E-state index in [1.807, 2.05) is 55.5 Å². The Kier molecular flexibility index (Phi) is 6.92. The van der Waals surface area contributed by atoms with Crippen molar-refractivity contribution in [3.63, 3.8) is 0 Å². The van der Waals surface area contributed by atoms with Crippen molar-refractivity contribution in [2.75, 3.05) is 32.8 Å². The van der Waals surface area contributed by atoms with Crippen molar-refractivity contribution in [1.29, 1.82) is 0 Å². The Morgan fingerprint density at radius 2 is 1.75 bits per heavy atom. The number of imide groups is 1. The Balaban J connectivity index is 1.35. The molecular weight excluding hydrogens is 428 g/mol. The van der Waals surface area contributed by atoms with Gasteiger partial charge in [-0.3, -0.25) is 19.3 Å². The van der Waals surface area contributed by atoms with Gasteiger partial charge in [0.15, 0.2) is 0 Å². The largest absolute Gasteiger partial charge is 0.489 e. The average molecular weight is 453 g/mol. The molecule has 0 unspecified atom stereocenters. The fraction of sp³-hybridized carbons (Fsp3) is 0.292. The second kappa shape index (κ2) is 10.0. The maximum absolute atomic E-state index is 12.7. The summed E-state index contributed by atoms with van der Waals surface area (Å²) >= 11 is 0.850. The summed E-state index contributed by atoms with van der Waals surface area (Å²) in [6.07, 6.45) is 1.66. The lowest BCUT2D eigenvalue weighted by Gasteiger charge is -2.28. The van der Waals surface area contributed by atoms with Gasteiger partial charge < -0.3 is 14.4 Å². The number of carbonyl (C=O) groups is 3. The number of ether oxygens (including phenoxy) is 2. The highest BCUT2D eigenvalue weighted by atomic mass is 32.2. The summed E-state index contributed by atoms with van der Waals surface area (Å²) in [7, 11) is 0. The highest BCUT2D eigenvalue weighted by Gasteiger charge is 2.37. The third-order valence-corrected chi connectivity index (χ3v) is 6.14. The zero-order valence-corrected chi connectivity index (χ0v) is 18.6. The summed E-state index contributed by atoms with van der Waals surface area (Å²) < 4.78 is 11.0. The van der Waals surface area contributed by atoms with Crippen LogP contribution in [0.25, 0.3) is 6.08 Å². The van der Waals surface area contributed by atoms with Crippen molar-refractivity contribution in [2.24, 2.45) is 0 Å². The monoisotopic (exact) mass is 452 g/mol. The third-order valence-electron chi connectivity index (χ3n) is 5.23. The molecule has 0 spiro atoms. The first-order valence-corrected chi connectivity index (χ1v) is 11.2. The third kappa shape index (κ3) is 5.38. The Morgan fingerprint density at radius 1 is 1.06 bits per heavy atom. The van der Waals surface area contributed by atoms with Crippen molar-refractivity contribution in [3.05, 3.63) is 70.1 Å². The Labute approximate surface area is 191 Å². The maximum atomic E-state index is 12.7. The molecule has 0 aromatic heterocycles. The fourth-order valence-corrected chi connectivity index (χ4v) is 4.19. The van der Waals surface area contributed by atoms with Crippen LogP contribution in [0.3, 0.4) is 0 Å². The van der Waals surface area contributed by atoms with Gasteiger partial charge in [0.25, 0.3) is 11.1 Å². The predicted molar refractivity (Wildman–Crippen MR) is 122 cm³/mol. The zero-order valence-electron chi connectivity index (χ0n) is 17.8. The van der Waals surface area contributed by atoms with Gasteiger partial charge in [-0.15, -0.1) is 0 Å². The summed E-state index contributed by atoms with van der Waals surface area (Å²) in [5.74, 6) is 0.0279. The number of hydrogen-bond acceptors (Lipinski definition) is 6. The number of benzene rings is 2. The van der Waals surface area contributed by atoms with Crippen LogP contribution in [0, 0.1) is 6.92 Å². The van der Waals surface area contributed by atoms with Crippen LogP contribution in [-0.4, -0.2) is 59.7 Å². The maximum Gasteiger partial charge on any atom is 0.294 e. The van der Waals surface area contributed by atoms with Gasteiger partial charge in [0, 0.05) is 13.1 Å². The molecule has 2 saturated heterocycles. The quantitative estimate of drug-likeness (QED) is 0.625. The van der Waals surface area contributed by atoms with Crippen molar-refractivity contribution in [1.82, 2.24) is 9.80 Å². The second-order valence-electron chi connectivity index (χ2n) is 7.60. The molecule has 7 nitrogen and oxygen atoms in total. The molecule has 2 fully saturated rings. The topological polar surface area (TPSA) is 76.2 Å². The van der Waals surface area contributed by atoms with Crippen LogP contribution in [0.15, 0.2) is 53.4 Å². The van der Waals surface area contributed by atoms with Gasteiger partial charge in [0.1, 0.15) is 18.9 Å². The summed E-state index contributed by atoms with van der Waals surface area (Å²) in [6, 6.07) is 15.5. The van der Waals surface area contributed by atoms with Crippen LogP contribution in [0.2, 0.25) is 0 Å². The second-order valence-corrected chi connectivity index (χ2v) is 8.60. The van der Waals surface area contributed by atoms with Gasteiger partial charge in [-0.2, -0.15) is 0 Å². The van der Waals surface area contributed by atoms with Crippen LogP contribution < -0.4 is 4.74 Å². The lowest BCUT2D eigenvalue weighted by molar-refractivity contribution is -0.139. The molecule has 2 heterocycles. The molecule has 0 bridgehead atoms. The van der Waals surface area contributed by atoms with Gasteiger partial charge in [0.2, 0.25) is 5.91 Å². The van der Waals surface area contributed by atoms with E-state index in [1.165, 1.54) is 5.56 Å². The molecule has 2 aliphatic heterocycles. The van der Waals surface area contributed by atoms with E-state index in [9.17, 15) is 14.4 Å².